The fourth-order valence-electron chi connectivity index (χ4n) is 1.31. The number of carbonyl (C=O) groups is 1. The van der Waals surface area contributed by atoms with Crippen LogP contribution in [0.15, 0.2) is 24.3 Å². The Balaban J connectivity index is 2.46. The summed E-state index contributed by atoms with van der Waals surface area (Å²) in [5, 5.41) is 11.3. The quantitative estimate of drug-likeness (QED) is 0.752. The van der Waals surface area contributed by atoms with E-state index in [1.165, 1.54) is 7.11 Å². The van der Waals surface area contributed by atoms with Crippen LogP contribution in [0, 0.1) is 11.8 Å². The molecule has 0 fully saturated rings. The number of hydrogen-bond acceptors (Lipinski definition) is 3. The van der Waals surface area contributed by atoms with E-state index in [-0.39, 0.29) is 19.1 Å². The van der Waals surface area contributed by atoms with Crippen LogP contribution in [0.1, 0.15) is 17.5 Å². The van der Waals surface area contributed by atoms with E-state index >= 15 is 0 Å². The van der Waals surface area contributed by atoms with E-state index in [0.29, 0.717) is 13.0 Å². The number of rotatable bonds is 5. The number of aliphatic hydroxyl groups excluding tert-OH is 1. The Kier molecular flexibility index (Phi) is 6.55. The van der Waals surface area contributed by atoms with Gasteiger partial charge in [0, 0.05) is 25.6 Å². The van der Waals surface area contributed by atoms with Crippen molar-refractivity contribution in [2.45, 2.75) is 13.0 Å². The highest BCUT2D eigenvalue weighted by atomic mass is 16.5. The Bertz CT molecular complexity index is 429. The zero-order chi connectivity index (χ0) is 13.2. The average Bonchev–Trinajstić information content (AvgIpc) is 2.38. The van der Waals surface area contributed by atoms with Gasteiger partial charge in [-0.3, -0.25) is 4.79 Å². The monoisotopic (exact) mass is 247 g/mol. The molecule has 18 heavy (non-hydrogen) atoms. The molecule has 96 valence electrons. The van der Waals surface area contributed by atoms with E-state index in [0.717, 1.165) is 11.1 Å². The molecular formula is C14H17NO3. The fraction of sp³-hybridized carbons (Fsp3) is 0.357. The summed E-state index contributed by atoms with van der Waals surface area (Å²) in [5.74, 6) is 5.66. The number of ether oxygens (including phenoxy) is 1. The van der Waals surface area contributed by atoms with Gasteiger partial charge < -0.3 is 15.2 Å². The Morgan fingerprint density at radius 3 is 2.72 bits per heavy atom. The van der Waals surface area contributed by atoms with Gasteiger partial charge in [0.1, 0.15) is 6.61 Å². The molecule has 4 heteroatoms. The highest BCUT2D eigenvalue weighted by Gasteiger charge is 1.99. The van der Waals surface area contributed by atoms with Gasteiger partial charge in [-0.05, 0) is 17.7 Å². The minimum atomic E-state index is -0.135. The molecule has 2 N–H and O–H groups in total. The van der Waals surface area contributed by atoms with Crippen molar-refractivity contribution >= 4 is 5.91 Å². The van der Waals surface area contributed by atoms with Crippen LogP contribution >= 0.6 is 0 Å². The fourth-order valence-corrected chi connectivity index (χ4v) is 1.31. The first-order valence-electron chi connectivity index (χ1n) is 5.70. The maximum Gasteiger partial charge on any atom is 0.246 e. The molecule has 4 nitrogen and oxygen atoms in total. The standard InChI is InChI=1S/C14H17NO3/c1-18-11-14(17)15-10-13-7-5-12(6-8-13)4-2-3-9-16/h5-8,16H,3,9-11H2,1H3,(H,15,17). The zero-order valence-electron chi connectivity index (χ0n) is 10.4. The predicted octanol–water partition coefficient (Wildman–Crippen LogP) is 0.683. The molecule has 1 aromatic carbocycles. The summed E-state index contributed by atoms with van der Waals surface area (Å²) in [7, 11) is 1.49. The minimum absolute atomic E-state index is 0.0741. The molecule has 0 saturated heterocycles. The number of hydrogen-bond donors (Lipinski definition) is 2. The second kappa shape index (κ2) is 8.29. The van der Waals surface area contributed by atoms with Crippen LogP contribution < -0.4 is 5.32 Å². The Morgan fingerprint density at radius 1 is 1.39 bits per heavy atom. The average molecular weight is 247 g/mol. The summed E-state index contributed by atoms with van der Waals surface area (Å²) >= 11 is 0. The predicted molar refractivity (Wildman–Crippen MR) is 68.7 cm³/mol. The van der Waals surface area contributed by atoms with Crippen molar-refractivity contribution in [1.29, 1.82) is 0 Å². The molecule has 1 rings (SSSR count). The number of aliphatic hydroxyl groups is 1. The minimum Gasteiger partial charge on any atom is -0.395 e. The molecule has 0 unspecified atom stereocenters. The van der Waals surface area contributed by atoms with Gasteiger partial charge in [0.15, 0.2) is 0 Å². The lowest BCUT2D eigenvalue weighted by atomic mass is 10.1. The molecule has 0 spiro atoms. The molecule has 0 aromatic heterocycles. The van der Waals surface area contributed by atoms with Crippen LogP contribution in [0.25, 0.3) is 0 Å². The van der Waals surface area contributed by atoms with E-state index in [1.807, 2.05) is 24.3 Å². The molecule has 1 amide bonds. The summed E-state index contributed by atoms with van der Waals surface area (Å²) < 4.78 is 4.72. The Hall–Kier alpha value is -1.83. The summed E-state index contributed by atoms with van der Waals surface area (Å²) in [5.41, 5.74) is 1.91. The SMILES string of the molecule is COCC(=O)NCc1ccc(C#CCCO)cc1. The van der Waals surface area contributed by atoms with E-state index < -0.39 is 0 Å². The third-order valence-electron chi connectivity index (χ3n) is 2.19. The van der Waals surface area contributed by atoms with E-state index in [9.17, 15) is 4.79 Å². The zero-order valence-corrected chi connectivity index (χ0v) is 10.4. The van der Waals surface area contributed by atoms with Gasteiger partial charge in [0.05, 0.1) is 6.61 Å². The third-order valence-corrected chi connectivity index (χ3v) is 2.19. The molecule has 0 bridgehead atoms. The Labute approximate surface area is 107 Å². The number of methoxy groups -OCH3 is 1. The van der Waals surface area contributed by atoms with Crippen molar-refractivity contribution < 1.29 is 14.6 Å². The summed E-state index contributed by atoms with van der Waals surface area (Å²) in [6.45, 7) is 0.633. The van der Waals surface area contributed by atoms with Gasteiger partial charge in [-0.2, -0.15) is 0 Å². The summed E-state index contributed by atoms with van der Waals surface area (Å²) in [6.07, 6.45) is 0.481. The van der Waals surface area contributed by atoms with Gasteiger partial charge in [-0.25, -0.2) is 0 Å². The summed E-state index contributed by atoms with van der Waals surface area (Å²) in [4.78, 5) is 11.2. The van der Waals surface area contributed by atoms with Crippen LogP contribution in [0.4, 0.5) is 0 Å². The van der Waals surface area contributed by atoms with Crippen LogP contribution in [-0.2, 0) is 16.1 Å². The van der Waals surface area contributed by atoms with Crippen molar-refractivity contribution in [1.82, 2.24) is 5.32 Å². The van der Waals surface area contributed by atoms with Gasteiger partial charge in [-0.15, -0.1) is 0 Å². The molecular weight excluding hydrogens is 230 g/mol. The van der Waals surface area contributed by atoms with Crippen LogP contribution in [0.2, 0.25) is 0 Å². The molecule has 0 aliphatic rings. The maximum atomic E-state index is 11.2. The van der Waals surface area contributed by atoms with Crippen LogP contribution in [0.3, 0.4) is 0 Å². The largest absolute Gasteiger partial charge is 0.395 e. The second-order valence-corrected chi connectivity index (χ2v) is 3.68. The Morgan fingerprint density at radius 2 is 2.11 bits per heavy atom. The first-order chi connectivity index (χ1) is 8.76. The lowest BCUT2D eigenvalue weighted by Crippen LogP contribution is -2.26. The highest BCUT2D eigenvalue weighted by Crippen LogP contribution is 2.03. The van der Waals surface area contributed by atoms with Crippen molar-refractivity contribution in [3.8, 4) is 11.8 Å². The molecule has 0 aliphatic carbocycles. The molecule has 0 saturated carbocycles. The van der Waals surface area contributed by atoms with Gasteiger partial charge in [-0.1, -0.05) is 24.0 Å². The van der Waals surface area contributed by atoms with Gasteiger partial charge in [0.2, 0.25) is 5.91 Å². The number of nitrogens with one attached hydrogen (secondary N) is 1. The normalized spacial score (nSPS) is 9.44. The smallest absolute Gasteiger partial charge is 0.246 e. The first-order valence-corrected chi connectivity index (χ1v) is 5.70. The first kappa shape index (κ1) is 14.2. The third kappa shape index (κ3) is 5.48. The van der Waals surface area contributed by atoms with Crippen molar-refractivity contribution in [2.24, 2.45) is 0 Å². The second-order valence-electron chi connectivity index (χ2n) is 3.68. The number of benzene rings is 1. The van der Waals surface area contributed by atoms with E-state index in [1.54, 1.807) is 0 Å². The lowest BCUT2D eigenvalue weighted by molar-refractivity contribution is -0.124. The van der Waals surface area contributed by atoms with Crippen molar-refractivity contribution in [3.63, 3.8) is 0 Å². The van der Waals surface area contributed by atoms with Crippen molar-refractivity contribution in [3.05, 3.63) is 35.4 Å². The van der Waals surface area contributed by atoms with E-state index in [2.05, 4.69) is 17.2 Å². The molecule has 0 radical (unpaired) electrons. The van der Waals surface area contributed by atoms with Crippen LogP contribution in [-0.4, -0.2) is 31.3 Å². The topological polar surface area (TPSA) is 58.6 Å². The molecule has 0 aliphatic heterocycles. The van der Waals surface area contributed by atoms with E-state index in [4.69, 9.17) is 9.84 Å². The number of amides is 1. The van der Waals surface area contributed by atoms with Gasteiger partial charge in [0.25, 0.3) is 0 Å². The molecule has 1 aromatic rings. The molecule has 0 heterocycles. The molecule has 0 atom stereocenters. The highest BCUT2D eigenvalue weighted by molar-refractivity contribution is 5.77. The van der Waals surface area contributed by atoms with Crippen LogP contribution in [0.5, 0.6) is 0 Å². The number of carbonyl (C=O) groups excluding carboxylic acids is 1. The maximum absolute atomic E-state index is 11.2. The van der Waals surface area contributed by atoms with Crippen molar-refractivity contribution in [2.75, 3.05) is 20.3 Å². The summed E-state index contributed by atoms with van der Waals surface area (Å²) in [6, 6.07) is 7.61. The lowest BCUT2D eigenvalue weighted by Gasteiger charge is -2.04. The van der Waals surface area contributed by atoms with Gasteiger partial charge >= 0.3 is 0 Å².